The summed E-state index contributed by atoms with van der Waals surface area (Å²) in [7, 11) is 0. The van der Waals surface area contributed by atoms with Gasteiger partial charge >= 0.3 is 0 Å². The van der Waals surface area contributed by atoms with E-state index in [1.165, 1.54) is 0 Å². The van der Waals surface area contributed by atoms with E-state index in [0.29, 0.717) is 13.0 Å². The zero-order valence-electron chi connectivity index (χ0n) is 9.91. The van der Waals surface area contributed by atoms with E-state index in [9.17, 15) is 4.79 Å². The molecule has 4 heteroatoms. The standard InChI is InChI=1S/C11H24N2O2/c1-3-5-6-13(7-8-14)11(15)9-10(12)4-2/h10,14H,3-9,12H2,1-2H3. The molecule has 1 amide bonds. The fourth-order valence-electron chi connectivity index (χ4n) is 1.33. The van der Waals surface area contributed by atoms with E-state index in [1.807, 2.05) is 6.92 Å². The Morgan fingerprint density at radius 3 is 2.53 bits per heavy atom. The number of aliphatic hydroxyl groups excluding tert-OH is 1. The highest BCUT2D eigenvalue weighted by Crippen LogP contribution is 2.02. The first-order valence-corrected chi connectivity index (χ1v) is 5.79. The highest BCUT2D eigenvalue weighted by Gasteiger charge is 2.14. The smallest absolute Gasteiger partial charge is 0.224 e. The molecule has 90 valence electrons. The molecule has 0 saturated heterocycles. The molecule has 15 heavy (non-hydrogen) atoms. The Hall–Kier alpha value is -0.610. The van der Waals surface area contributed by atoms with Gasteiger partial charge in [-0.05, 0) is 12.8 Å². The molecule has 1 atom stereocenters. The van der Waals surface area contributed by atoms with Crippen LogP contribution < -0.4 is 5.73 Å². The Morgan fingerprint density at radius 1 is 1.40 bits per heavy atom. The monoisotopic (exact) mass is 216 g/mol. The van der Waals surface area contributed by atoms with Crippen LogP contribution in [0.15, 0.2) is 0 Å². The zero-order chi connectivity index (χ0) is 11.7. The van der Waals surface area contributed by atoms with Gasteiger partial charge in [-0.1, -0.05) is 20.3 Å². The molecule has 0 aliphatic heterocycles. The Bertz CT molecular complexity index is 174. The molecule has 0 fully saturated rings. The van der Waals surface area contributed by atoms with Crippen LogP contribution in [-0.4, -0.2) is 41.7 Å². The maximum Gasteiger partial charge on any atom is 0.224 e. The van der Waals surface area contributed by atoms with Crippen LogP contribution in [-0.2, 0) is 4.79 Å². The number of rotatable bonds is 8. The summed E-state index contributed by atoms with van der Waals surface area (Å²) >= 11 is 0. The summed E-state index contributed by atoms with van der Waals surface area (Å²) in [5, 5.41) is 8.85. The van der Waals surface area contributed by atoms with Crippen molar-refractivity contribution in [3.05, 3.63) is 0 Å². The number of hydrogen-bond acceptors (Lipinski definition) is 3. The topological polar surface area (TPSA) is 66.6 Å². The van der Waals surface area contributed by atoms with Crippen molar-refractivity contribution in [1.82, 2.24) is 4.90 Å². The Kier molecular flexibility index (Phi) is 8.33. The largest absolute Gasteiger partial charge is 0.395 e. The number of hydrogen-bond donors (Lipinski definition) is 2. The molecule has 0 heterocycles. The van der Waals surface area contributed by atoms with Gasteiger partial charge in [0.15, 0.2) is 0 Å². The van der Waals surface area contributed by atoms with Crippen molar-refractivity contribution < 1.29 is 9.90 Å². The molecule has 1 unspecified atom stereocenters. The fraction of sp³-hybridized carbons (Fsp3) is 0.909. The molecule has 0 spiro atoms. The minimum Gasteiger partial charge on any atom is -0.395 e. The average Bonchev–Trinajstić information content (AvgIpc) is 2.23. The third-order valence-electron chi connectivity index (χ3n) is 2.47. The van der Waals surface area contributed by atoms with Crippen LogP contribution in [0.5, 0.6) is 0 Å². The normalized spacial score (nSPS) is 12.5. The van der Waals surface area contributed by atoms with Crippen molar-refractivity contribution in [3.8, 4) is 0 Å². The molecule has 0 radical (unpaired) electrons. The van der Waals surface area contributed by atoms with Crippen LogP contribution in [0.1, 0.15) is 39.5 Å². The van der Waals surface area contributed by atoms with Crippen molar-refractivity contribution in [1.29, 1.82) is 0 Å². The van der Waals surface area contributed by atoms with Crippen LogP contribution in [0.25, 0.3) is 0 Å². The molecule has 4 nitrogen and oxygen atoms in total. The second kappa shape index (κ2) is 8.68. The fourth-order valence-corrected chi connectivity index (χ4v) is 1.33. The molecule has 0 rings (SSSR count). The van der Waals surface area contributed by atoms with Crippen LogP contribution in [0.4, 0.5) is 0 Å². The number of carbonyl (C=O) groups is 1. The molecule has 0 aliphatic rings. The second-order valence-corrected chi connectivity index (χ2v) is 3.83. The predicted octanol–water partition coefficient (Wildman–Crippen LogP) is 0.735. The maximum absolute atomic E-state index is 11.7. The molecule has 0 saturated carbocycles. The van der Waals surface area contributed by atoms with Crippen LogP contribution in [0.3, 0.4) is 0 Å². The van der Waals surface area contributed by atoms with Crippen molar-refractivity contribution >= 4 is 5.91 Å². The van der Waals surface area contributed by atoms with E-state index in [0.717, 1.165) is 25.8 Å². The summed E-state index contributed by atoms with van der Waals surface area (Å²) in [5.74, 6) is 0.0619. The van der Waals surface area contributed by atoms with Gasteiger partial charge < -0.3 is 15.7 Å². The first kappa shape index (κ1) is 14.4. The summed E-state index contributed by atoms with van der Waals surface area (Å²) in [6.45, 7) is 5.23. The van der Waals surface area contributed by atoms with E-state index in [-0.39, 0.29) is 18.6 Å². The summed E-state index contributed by atoms with van der Waals surface area (Å²) < 4.78 is 0. The van der Waals surface area contributed by atoms with E-state index < -0.39 is 0 Å². The van der Waals surface area contributed by atoms with Crippen molar-refractivity contribution in [2.75, 3.05) is 19.7 Å². The zero-order valence-corrected chi connectivity index (χ0v) is 9.91. The van der Waals surface area contributed by atoms with Gasteiger partial charge in [-0.15, -0.1) is 0 Å². The second-order valence-electron chi connectivity index (χ2n) is 3.83. The quantitative estimate of drug-likeness (QED) is 0.628. The number of nitrogens with two attached hydrogens (primary N) is 1. The third-order valence-corrected chi connectivity index (χ3v) is 2.47. The van der Waals surface area contributed by atoms with Gasteiger partial charge in [0.25, 0.3) is 0 Å². The number of carbonyl (C=O) groups excluding carboxylic acids is 1. The highest BCUT2D eigenvalue weighted by molar-refractivity contribution is 5.76. The van der Waals surface area contributed by atoms with E-state index in [2.05, 4.69) is 6.92 Å². The number of amides is 1. The molecule has 0 aliphatic carbocycles. The van der Waals surface area contributed by atoms with E-state index >= 15 is 0 Å². The molecule has 0 aromatic rings. The van der Waals surface area contributed by atoms with E-state index in [4.69, 9.17) is 10.8 Å². The lowest BCUT2D eigenvalue weighted by Gasteiger charge is -2.22. The Labute approximate surface area is 92.4 Å². The van der Waals surface area contributed by atoms with Gasteiger partial charge in [0.05, 0.1) is 6.61 Å². The van der Waals surface area contributed by atoms with Crippen LogP contribution in [0, 0.1) is 0 Å². The minimum absolute atomic E-state index is 0.0246. The molecule has 0 bridgehead atoms. The molecule has 0 aromatic heterocycles. The number of aliphatic hydroxyl groups is 1. The summed E-state index contributed by atoms with van der Waals surface area (Å²) in [5.41, 5.74) is 5.73. The lowest BCUT2D eigenvalue weighted by molar-refractivity contribution is -0.132. The van der Waals surface area contributed by atoms with E-state index in [1.54, 1.807) is 4.90 Å². The maximum atomic E-state index is 11.7. The van der Waals surface area contributed by atoms with Crippen LogP contribution >= 0.6 is 0 Å². The predicted molar refractivity (Wildman–Crippen MR) is 61.5 cm³/mol. The molecule has 3 N–H and O–H groups in total. The molecular weight excluding hydrogens is 192 g/mol. The van der Waals surface area contributed by atoms with Gasteiger partial charge in [0.2, 0.25) is 5.91 Å². The molecule has 0 aromatic carbocycles. The molecular formula is C11H24N2O2. The van der Waals surface area contributed by atoms with Gasteiger partial charge in [0, 0.05) is 25.6 Å². The van der Waals surface area contributed by atoms with Gasteiger partial charge in [-0.2, -0.15) is 0 Å². The highest BCUT2D eigenvalue weighted by atomic mass is 16.3. The van der Waals surface area contributed by atoms with Gasteiger partial charge in [-0.3, -0.25) is 4.79 Å². The Balaban J connectivity index is 4.03. The van der Waals surface area contributed by atoms with Crippen molar-refractivity contribution in [3.63, 3.8) is 0 Å². The number of nitrogens with zero attached hydrogens (tertiary/aromatic N) is 1. The van der Waals surface area contributed by atoms with Gasteiger partial charge in [0.1, 0.15) is 0 Å². The first-order valence-electron chi connectivity index (χ1n) is 5.79. The third kappa shape index (κ3) is 6.47. The van der Waals surface area contributed by atoms with Crippen molar-refractivity contribution in [2.45, 2.75) is 45.6 Å². The summed E-state index contributed by atoms with van der Waals surface area (Å²) in [6, 6.07) is -0.0553. The van der Waals surface area contributed by atoms with Crippen LogP contribution in [0.2, 0.25) is 0 Å². The van der Waals surface area contributed by atoms with Gasteiger partial charge in [-0.25, -0.2) is 0 Å². The van der Waals surface area contributed by atoms with Crippen molar-refractivity contribution in [2.24, 2.45) is 5.73 Å². The lowest BCUT2D eigenvalue weighted by Crippen LogP contribution is -2.38. The summed E-state index contributed by atoms with van der Waals surface area (Å²) in [4.78, 5) is 13.5. The summed E-state index contributed by atoms with van der Waals surface area (Å²) in [6.07, 6.45) is 3.23. The Morgan fingerprint density at radius 2 is 2.07 bits per heavy atom. The average molecular weight is 216 g/mol. The lowest BCUT2D eigenvalue weighted by atomic mass is 10.1. The number of unbranched alkanes of at least 4 members (excludes halogenated alkanes) is 1. The first-order chi connectivity index (χ1) is 7.15. The minimum atomic E-state index is -0.0553. The SMILES string of the molecule is CCCCN(CCO)C(=O)CC(N)CC.